The molecule has 0 saturated carbocycles. The molecule has 2 aromatic rings. The van der Waals surface area contributed by atoms with Crippen molar-refractivity contribution in [1.29, 1.82) is 0 Å². The number of ether oxygens (including phenoxy) is 1. The Morgan fingerprint density at radius 1 is 1.38 bits per heavy atom. The highest BCUT2D eigenvalue weighted by Crippen LogP contribution is 2.27. The molecule has 2 heterocycles. The van der Waals surface area contributed by atoms with Crippen molar-refractivity contribution in [3.63, 3.8) is 0 Å². The minimum absolute atomic E-state index is 0.602. The van der Waals surface area contributed by atoms with Crippen molar-refractivity contribution in [2.24, 2.45) is 0 Å². The third-order valence-corrected chi connectivity index (χ3v) is 4.75. The number of fused-ring (bicyclic) bond motifs is 1. The maximum absolute atomic E-state index is 5.49. The van der Waals surface area contributed by atoms with E-state index >= 15 is 0 Å². The van der Waals surface area contributed by atoms with Gasteiger partial charge in [0.05, 0.1) is 24.7 Å². The summed E-state index contributed by atoms with van der Waals surface area (Å²) in [6.45, 7) is 1.34. The third kappa shape index (κ3) is 3.56. The smallest absolute Gasteiger partial charge is 0.141 e. The first-order valence-electron chi connectivity index (χ1n) is 6.79. The number of thioether (sulfide) groups is 1. The van der Waals surface area contributed by atoms with Gasteiger partial charge in [-0.05, 0) is 18.2 Å². The Labute approximate surface area is 136 Å². The molecule has 110 valence electrons. The van der Waals surface area contributed by atoms with Crippen LogP contribution in [0.2, 0.25) is 0 Å². The van der Waals surface area contributed by atoms with Crippen molar-refractivity contribution in [2.75, 3.05) is 19.0 Å². The average Bonchev–Trinajstić information content (AvgIpc) is 2.52. The third-order valence-electron chi connectivity index (χ3n) is 3.27. The highest BCUT2D eigenvalue weighted by atomic mass is 79.9. The molecule has 0 bridgehead atoms. The van der Waals surface area contributed by atoms with E-state index in [1.54, 1.807) is 11.8 Å². The summed E-state index contributed by atoms with van der Waals surface area (Å²) in [4.78, 5) is 10.5. The number of benzene rings is 1. The van der Waals surface area contributed by atoms with Crippen LogP contribution in [0.5, 0.6) is 0 Å². The van der Waals surface area contributed by atoms with Crippen molar-refractivity contribution in [1.82, 2.24) is 9.97 Å². The van der Waals surface area contributed by atoms with Crippen LogP contribution in [0.3, 0.4) is 0 Å². The second kappa shape index (κ2) is 6.77. The van der Waals surface area contributed by atoms with Gasteiger partial charge in [-0.1, -0.05) is 22.0 Å². The van der Waals surface area contributed by atoms with Crippen LogP contribution in [0.1, 0.15) is 17.1 Å². The Balaban J connectivity index is 1.79. The molecular weight excluding hydrogens is 350 g/mol. The monoisotopic (exact) mass is 365 g/mol. The van der Waals surface area contributed by atoms with Crippen LogP contribution in [0.15, 0.2) is 33.6 Å². The first-order valence-corrected chi connectivity index (χ1v) is 8.56. The molecule has 1 N–H and O–H groups in total. The van der Waals surface area contributed by atoms with Crippen molar-refractivity contribution < 1.29 is 4.74 Å². The van der Waals surface area contributed by atoms with Crippen molar-refractivity contribution in [3.8, 4) is 0 Å². The highest BCUT2D eigenvalue weighted by molar-refractivity contribution is 9.10. The van der Waals surface area contributed by atoms with Crippen molar-refractivity contribution in [2.45, 2.75) is 23.7 Å². The van der Waals surface area contributed by atoms with Crippen molar-refractivity contribution >= 4 is 33.5 Å². The minimum atomic E-state index is 0.602. The van der Waals surface area contributed by atoms with Crippen LogP contribution in [-0.2, 0) is 23.5 Å². The van der Waals surface area contributed by atoms with Gasteiger partial charge in [-0.25, -0.2) is 9.97 Å². The number of hydrogen-bond acceptors (Lipinski definition) is 5. The van der Waals surface area contributed by atoms with E-state index in [4.69, 9.17) is 9.72 Å². The summed E-state index contributed by atoms with van der Waals surface area (Å²) in [5.41, 5.74) is 2.21. The lowest BCUT2D eigenvalue weighted by Crippen LogP contribution is -2.16. The van der Waals surface area contributed by atoms with Gasteiger partial charge < -0.3 is 10.1 Å². The predicted octanol–water partition coefficient (Wildman–Crippen LogP) is 3.65. The Kier molecular flexibility index (Phi) is 4.77. The van der Waals surface area contributed by atoms with E-state index in [0.29, 0.717) is 6.61 Å². The van der Waals surface area contributed by atoms with Gasteiger partial charge in [0, 0.05) is 28.4 Å². The zero-order valence-corrected chi connectivity index (χ0v) is 14.1. The molecule has 0 fully saturated rings. The van der Waals surface area contributed by atoms with E-state index in [9.17, 15) is 0 Å². The second-order valence-corrected chi connectivity index (χ2v) is 6.68. The van der Waals surface area contributed by atoms with Crippen LogP contribution >= 0.6 is 27.7 Å². The minimum Gasteiger partial charge on any atom is -0.376 e. The zero-order chi connectivity index (χ0) is 14.7. The molecule has 0 saturated heterocycles. The molecule has 0 aliphatic carbocycles. The fraction of sp³-hybridized carbons (Fsp3) is 0.333. The Bertz CT molecular complexity index is 634. The van der Waals surface area contributed by atoms with Crippen LogP contribution < -0.4 is 5.32 Å². The lowest BCUT2D eigenvalue weighted by atomic mass is 10.1. The largest absolute Gasteiger partial charge is 0.376 e. The van der Waals surface area contributed by atoms with E-state index in [0.717, 1.165) is 46.2 Å². The van der Waals surface area contributed by atoms with Gasteiger partial charge in [-0.3, -0.25) is 0 Å². The lowest BCUT2D eigenvalue weighted by molar-refractivity contribution is 0.109. The van der Waals surface area contributed by atoms with Crippen molar-refractivity contribution in [3.05, 3.63) is 45.8 Å². The molecule has 3 rings (SSSR count). The molecule has 1 aliphatic rings. The maximum atomic E-state index is 5.49. The number of nitrogens with zero attached hydrogens (tertiary/aromatic N) is 2. The molecule has 1 aromatic heterocycles. The summed E-state index contributed by atoms with van der Waals surface area (Å²) in [5.74, 6) is 2.52. The molecule has 0 atom stereocenters. The number of hydrogen-bond donors (Lipinski definition) is 1. The first-order chi connectivity index (χ1) is 10.3. The summed E-state index contributed by atoms with van der Waals surface area (Å²) in [5, 5.41) is 3.15. The number of halogens is 1. The first kappa shape index (κ1) is 14.8. The topological polar surface area (TPSA) is 47.0 Å². The highest BCUT2D eigenvalue weighted by Gasteiger charge is 2.17. The van der Waals surface area contributed by atoms with Crippen LogP contribution in [-0.4, -0.2) is 23.6 Å². The Morgan fingerprint density at radius 2 is 2.29 bits per heavy atom. The number of aromatic nitrogens is 2. The summed E-state index contributed by atoms with van der Waals surface area (Å²) in [6, 6.07) is 8.27. The van der Waals surface area contributed by atoms with Crippen LogP contribution in [0.25, 0.3) is 0 Å². The molecule has 0 radical (unpaired) electrons. The molecule has 0 unspecified atom stereocenters. The van der Waals surface area contributed by atoms with Crippen LogP contribution in [0.4, 0.5) is 5.82 Å². The molecule has 1 aliphatic heterocycles. The fourth-order valence-electron chi connectivity index (χ4n) is 2.26. The predicted molar refractivity (Wildman–Crippen MR) is 88.6 cm³/mol. The van der Waals surface area contributed by atoms with Gasteiger partial charge in [0.2, 0.25) is 0 Å². The van der Waals surface area contributed by atoms with Gasteiger partial charge in [-0.15, -0.1) is 11.8 Å². The van der Waals surface area contributed by atoms with Gasteiger partial charge in [0.1, 0.15) is 11.6 Å². The normalized spacial score (nSPS) is 13.8. The van der Waals surface area contributed by atoms with E-state index < -0.39 is 0 Å². The molecule has 6 heteroatoms. The molecule has 21 heavy (non-hydrogen) atoms. The molecular formula is C15H16BrN3OS. The molecule has 1 aromatic carbocycles. The van der Waals surface area contributed by atoms with Gasteiger partial charge in [0.15, 0.2) is 0 Å². The number of anilines is 1. The standard InChI is InChI=1S/C15H16BrN3OS/c1-17-15-12-8-20-6-5-13(12)18-14(19-15)9-21-11-4-2-3-10(16)7-11/h2-4,7H,5-6,8-9H2,1H3,(H,17,18,19). The summed E-state index contributed by atoms with van der Waals surface area (Å²) < 4.78 is 6.58. The maximum Gasteiger partial charge on any atom is 0.141 e. The van der Waals surface area contributed by atoms with Crippen LogP contribution in [0, 0.1) is 0 Å². The zero-order valence-electron chi connectivity index (χ0n) is 11.7. The van der Waals surface area contributed by atoms with Gasteiger partial charge in [-0.2, -0.15) is 0 Å². The fourth-order valence-corrected chi connectivity index (χ4v) is 3.62. The Morgan fingerprint density at radius 3 is 3.10 bits per heavy atom. The van der Waals surface area contributed by atoms with Gasteiger partial charge >= 0.3 is 0 Å². The molecule has 4 nitrogen and oxygen atoms in total. The average molecular weight is 366 g/mol. The summed E-state index contributed by atoms with van der Waals surface area (Å²) in [7, 11) is 1.89. The van der Waals surface area contributed by atoms with Gasteiger partial charge in [0.25, 0.3) is 0 Å². The Hall–Kier alpha value is -1.11. The molecule has 0 amide bonds. The second-order valence-electron chi connectivity index (χ2n) is 4.71. The summed E-state index contributed by atoms with van der Waals surface area (Å²) in [6.07, 6.45) is 0.862. The number of nitrogens with one attached hydrogen (secondary N) is 1. The SMILES string of the molecule is CNc1nc(CSc2cccc(Br)c2)nc2c1COCC2. The van der Waals surface area contributed by atoms with E-state index in [2.05, 4.69) is 38.4 Å². The van der Waals surface area contributed by atoms with E-state index in [-0.39, 0.29) is 0 Å². The number of rotatable bonds is 4. The summed E-state index contributed by atoms with van der Waals surface area (Å²) >= 11 is 5.24. The molecule has 0 spiro atoms. The lowest BCUT2D eigenvalue weighted by Gasteiger charge is -2.19. The van der Waals surface area contributed by atoms with E-state index in [1.807, 2.05) is 19.2 Å². The quantitative estimate of drug-likeness (QED) is 0.837. The van der Waals surface area contributed by atoms with E-state index in [1.165, 1.54) is 4.90 Å².